The molecule has 2 aromatic heterocycles. The molecule has 4 bridgehead atoms. The van der Waals surface area contributed by atoms with Gasteiger partial charge >= 0.3 is 0 Å². The van der Waals surface area contributed by atoms with Crippen LogP contribution in [0.5, 0.6) is 5.88 Å². The highest BCUT2D eigenvalue weighted by Crippen LogP contribution is 2.31. The van der Waals surface area contributed by atoms with Gasteiger partial charge in [-0.05, 0) is 74.9 Å². The van der Waals surface area contributed by atoms with Gasteiger partial charge in [0.15, 0.2) is 0 Å². The molecule has 1 N–H and O–H groups in total. The lowest BCUT2D eigenvalue weighted by molar-refractivity contribution is 0.0509. The second-order valence-corrected chi connectivity index (χ2v) is 15.2. The Bertz CT molecular complexity index is 1870. The average Bonchev–Trinajstić information content (AvgIpc) is 3.00. The summed E-state index contributed by atoms with van der Waals surface area (Å²) in [5.74, 6) is 0.273. The molecule has 12 heteroatoms. The summed E-state index contributed by atoms with van der Waals surface area (Å²) in [5.41, 5.74) is 4.01. The van der Waals surface area contributed by atoms with Gasteiger partial charge in [0.1, 0.15) is 6.61 Å². The molecule has 0 aliphatic carbocycles. The predicted molar refractivity (Wildman–Crippen MR) is 183 cm³/mol. The van der Waals surface area contributed by atoms with E-state index in [-0.39, 0.29) is 52.8 Å². The zero-order valence-corrected chi connectivity index (χ0v) is 29.1. The van der Waals surface area contributed by atoms with E-state index in [0.29, 0.717) is 23.8 Å². The topological polar surface area (TPSA) is 131 Å². The molecule has 5 rings (SSSR count). The van der Waals surface area contributed by atoms with Crippen LogP contribution in [-0.2, 0) is 16.6 Å². The molecule has 1 amide bonds. The number of fused-ring (bicyclic) bond motifs is 4. The summed E-state index contributed by atoms with van der Waals surface area (Å²) in [4.78, 5) is 36.3. The van der Waals surface area contributed by atoms with Gasteiger partial charge in [0.25, 0.3) is 15.9 Å². The van der Waals surface area contributed by atoms with Gasteiger partial charge in [-0.25, -0.2) is 28.1 Å². The number of anilines is 2. The van der Waals surface area contributed by atoms with E-state index < -0.39 is 16.1 Å². The van der Waals surface area contributed by atoms with E-state index in [9.17, 15) is 13.2 Å². The smallest absolute Gasteiger partial charge is 0.264 e. The van der Waals surface area contributed by atoms with Crippen LogP contribution in [0.3, 0.4) is 0 Å². The predicted octanol–water partition coefficient (Wildman–Crippen LogP) is 6.04. The Hall–Kier alpha value is -4.58. The van der Waals surface area contributed by atoms with E-state index in [1.54, 1.807) is 35.4 Å². The van der Waals surface area contributed by atoms with E-state index in [1.807, 2.05) is 44.0 Å². The van der Waals surface area contributed by atoms with Crippen LogP contribution in [0.15, 0.2) is 65.7 Å². The minimum atomic E-state index is -4.17. The molecule has 47 heavy (non-hydrogen) atoms. The Kier molecular flexibility index (Phi) is 9.53. The van der Waals surface area contributed by atoms with Gasteiger partial charge < -0.3 is 14.5 Å². The van der Waals surface area contributed by atoms with Crippen LogP contribution >= 0.6 is 0 Å². The molecule has 0 fully saturated rings. The van der Waals surface area contributed by atoms with Crippen molar-refractivity contribution in [3.63, 3.8) is 0 Å². The van der Waals surface area contributed by atoms with Crippen molar-refractivity contribution in [3.05, 3.63) is 83.2 Å². The number of nitrogens with one attached hydrogen (secondary N) is 1. The molecule has 2 aromatic carbocycles. The van der Waals surface area contributed by atoms with Crippen LogP contribution in [0.25, 0.3) is 11.3 Å². The summed E-state index contributed by atoms with van der Waals surface area (Å²) in [6.07, 6.45) is 2.27. The van der Waals surface area contributed by atoms with Crippen molar-refractivity contribution in [2.24, 2.45) is 5.41 Å². The number of aryl methyl sites for hydroxylation is 2. The first-order valence-corrected chi connectivity index (χ1v) is 17.2. The monoisotopic (exact) mass is 657 g/mol. The fourth-order valence-corrected chi connectivity index (χ4v) is 6.58. The number of carbonyl (C=O) groups is 1. The fraction of sp³-hybridized carbons (Fsp3) is 0.400. The number of nitrogens with zero attached hydrogens (tertiary/aromatic N) is 6. The first kappa shape index (κ1) is 33.8. The highest BCUT2D eigenvalue weighted by molar-refractivity contribution is 7.92. The van der Waals surface area contributed by atoms with Crippen molar-refractivity contribution >= 4 is 27.8 Å². The Morgan fingerprint density at radius 2 is 1.72 bits per heavy atom. The summed E-state index contributed by atoms with van der Waals surface area (Å²) < 4.78 is 36.2. The molecule has 1 aliphatic rings. The van der Waals surface area contributed by atoms with Gasteiger partial charge in [-0.1, -0.05) is 45.0 Å². The lowest BCUT2D eigenvalue weighted by Crippen LogP contribution is -2.45. The maximum atomic E-state index is 14.4. The van der Waals surface area contributed by atoms with Crippen molar-refractivity contribution in [3.8, 4) is 17.1 Å². The van der Waals surface area contributed by atoms with Crippen LogP contribution in [0.4, 0.5) is 11.9 Å². The van der Waals surface area contributed by atoms with Crippen LogP contribution < -0.4 is 14.4 Å². The first-order valence-electron chi connectivity index (χ1n) is 15.7. The third kappa shape index (κ3) is 7.87. The number of amides is 1. The van der Waals surface area contributed by atoms with Crippen LogP contribution in [0.1, 0.15) is 68.2 Å². The average molecular weight is 658 g/mol. The zero-order chi connectivity index (χ0) is 34.1. The second kappa shape index (κ2) is 13.3. The zero-order valence-electron chi connectivity index (χ0n) is 28.3. The van der Waals surface area contributed by atoms with Crippen molar-refractivity contribution in [1.82, 2.24) is 24.8 Å². The van der Waals surface area contributed by atoms with Gasteiger partial charge in [-0.3, -0.25) is 4.79 Å². The van der Waals surface area contributed by atoms with Gasteiger partial charge in [-0.2, -0.15) is 4.98 Å². The lowest BCUT2D eigenvalue weighted by Gasteiger charge is -2.35. The number of ether oxygens (including phenoxy) is 1. The number of rotatable bonds is 6. The first-order chi connectivity index (χ1) is 22.1. The Labute approximate surface area is 277 Å². The van der Waals surface area contributed by atoms with Gasteiger partial charge in [-0.15, -0.1) is 0 Å². The number of hydrogen-bond acceptors (Lipinski definition) is 9. The normalized spacial score (nSPS) is 16.4. The number of hydrogen-bond donors (Lipinski definition) is 1. The van der Waals surface area contributed by atoms with Crippen LogP contribution in [0, 0.1) is 19.3 Å². The molecule has 11 nitrogen and oxygen atoms in total. The van der Waals surface area contributed by atoms with E-state index in [1.165, 1.54) is 12.1 Å². The summed E-state index contributed by atoms with van der Waals surface area (Å²) in [7, 11) is -2.25. The summed E-state index contributed by atoms with van der Waals surface area (Å²) in [5, 5.41) is 0. The quantitative estimate of drug-likeness (QED) is 0.264. The molecule has 0 saturated carbocycles. The molecule has 1 aliphatic heterocycles. The largest absolute Gasteiger partial charge is 0.475 e. The van der Waals surface area contributed by atoms with Crippen molar-refractivity contribution in [1.29, 1.82) is 0 Å². The third-order valence-electron chi connectivity index (χ3n) is 8.15. The molecule has 0 unspecified atom stereocenters. The number of sulfonamides is 1. The molecular weight excluding hydrogens is 614 g/mol. The number of benzene rings is 2. The highest BCUT2D eigenvalue weighted by atomic mass is 32.2. The van der Waals surface area contributed by atoms with Crippen molar-refractivity contribution < 1.29 is 17.9 Å². The minimum Gasteiger partial charge on any atom is -0.475 e. The molecule has 1 atom stereocenters. The van der Waals surface area contributed by atoms with Crippen LogP contribution in [-0.4, -0.2) is 64.9 Å². The van der Waals surface area contributed by atoms with Gasteiger partial charge in [0.2, 0.25) is 17.8 Å². The van der Waals surface area contributed by atoms with E-state index in [4.69, 9.17) is 9.72 Å². The molecule has 0 saturated heterocycles. The fourth-order valence-electron chi connectivity index (χ4n) is 5.59. The second-order valence-electron chi connectivity index (χ2n) is 13.5. The summed E-state index contributed by atoms with van der Waals surface area (Å²) in [6.45, 7) is 14.6. The molecule has 4 aromatic rings. The van der Waals surface area contributed by atoms with E-state index >= 15 is 0 Å². The standard InChI is InChI=1S/C35H43N7O4S/c1-22(2)41(8)34-36-16-15-26(37-34)20-42-27(19-35(5,6)7)21-46-30-18-29(31-23(3)11-9-12-24(31)4)38-33(39-30)40-47(44,45)28-14-10-13-25(17-28)32(42)43/h9-18,22,27H,19-21H2,1-8H3,(H,38,39,40)/t27-/m1/s1. The minimum absolute atomic E-state index is 0.0821. The van der Waals surface area contributed by atoms with E-state index in [2.05, 4.69) is 54.3 Å². The van der Waals surface area contributed by atoms with Crippen molar-refractivity contribution in [2.75, 3.05) is 23.3 Å². The highest BCUT2D eigenvalue weighted by Gasteiger charge is 2.32. The molecule has 0 radical (unpaired) electrons. The van der Waals surface area contributed by atoms with Gasteiger partial charge in [0, 0.05) is 36.5 Å². The maximum absolute atomic E-state index is 14.4. The number of aromatic nitrogens is 4. The third-order valence-corrected chi connectivity index (χ3v) is 9.48. The SMILES string of the molecule is Cc1cccc(C)c1-c1cc2nc(n1)NS(=O)(=O)c1cccc(c1)C(=O)N(Cc1ccnc(N(C)C(C)C)n1)[C@H](CC(C)(C)C)CO2. The Morgan fingerprint density at radius 3 is 2.40 bits per heavy atom. The van der Waals surface area contributed by atoms with Crippen molar-refractivity contribution in [2.45, 2.75) is 78.4 Å². The maximum Gasteiger partial charge on any atom is 0.264 e. The Balaban J connectivity index is 1.66. The van der Waals surface area contributed by atoms with Gasteiger partial charge in [0.05, 0.1) is 28.9 Å². The molecule has 3 heterocycles. The lowest BCUT2D eigenvalue weighted by atomic mass is 9.87. The van der Waals surface area contributed by atoms with E-state index in [0.717, 1.165) is 16.7 Å². The molecule has 248 valence electrons. The summed E-state index contributed by atoms with van der Waals surface area (Å²) in [6, 6.07) is 15.2. The summed E-state index contributed by atoms with van der Waals surface area (Å²) >= 11 is 0. The molecule has 0 spiro atoms. The Morgan fingerprint density at radius 1 is 1.02 bits per heavy atom. The van der Waals surface area contributed by atoms with Crippen LogP contribution in [0.2, 0.25) is 0 Å². The molecular formula is C35H43N7O4S. The number of carbonyl (C=O) groups excluding carboxylic acids is 1.